The number of Topliss-reactive ketones (excluding diaryl/α,β-unsaturated/α-hetero) is 1. The molecule has 2 heterocycles. The topological polar surface area (TPSA) is 35.1 Å². The van der Waals surface area contributed by atoms with Crippen molar-refractivity contribution in [3.8, 4) is 5.75 Å². The van der Waals surface area contributed by atoms with E-state index in [-0.39, 0.29) is 22.8 Å². The first kappa shape index (κ1) is 21.3. The van der Waals surface area contributed by atoms with Crippen molar-refractivity contribution in [2.45, 2.75) is 45.2 Å². The Morgan fingerprint density at radius 3 is 2.77 bits per heavy atom. The Morgan fingerprint density at radius 2 is 2.00 bits per heavy atom. The third-order valence-electron chi connectivity index (χ3n) is 6.17. The molecule has 156 valence electrons. The molecule has 0 N–H and O–H groups in total. The van der Waals surface area contributed by atoms with Crippen molar-refractivity contribution in [2.75, 3.05) is 6.61 Å². The van der Waals surface area contributed by atoms with Gasteiger partial charge in [0.1, 0.15) is 24.2 Å². The fourth-order valence-electron chi connectivity index (χ4n) is 4.72. The lowest BCUT2D eigenvalue weighted by atomic mass is 10.0. The van der Waals surface area contributed by atoms with Gasteiger partial charge in [-0.1, -0.05) is 41.1 Å². The number of fused-ring (bicyclic) bond motifs is 2. The summed E-state index contributed by atoms with van der Waals surface area (Å²) in [7, 11) is 0. The van der Waals surface area contributed by atoms with E-state index < -0.39 is 0 Å². The maximum absolute atomic E-state index is 12.8. The molecule has 1 aliphatic heterocycles. The Labute approximate surface area is 195 Å². The number of nitrogens with zero attached hydrogens (tertiary/aromatic N) is 2. The molecule has 0 amide bonds. The smallest absolute Gasteiger partial charge is 0.257 e. The van der Waals surface area contributed by atoms with Crippen LogP contribution in [0.25, 0.3) is 0 Å². The summed E-state index contributed by atoms with van der Waals surface area (Å²) >= 11 is 3.43. The fraction of sp³-hybridized carbons (Fsp3) is 0.333. The van der Waals surface area contributed by atoms with Crippen molar-refractivity contribution in [3.05, 3.63) is 81.3 Å². The van der Waals surface area contributed by atoms with E-state index in [9.17, 15) is 4.79 Å². The molecular weight excluding hydrogens is 508 g/mol. The summed E-state index contributed by atoms with van der Waals surface area (Å²) < 4.78 is 11.3. The number of rotatable bonds is 5. The predicted molar refractivity (Wildman–Crippen MR) is 115 cm³/mol. The van der Waals surface area contributed by atoms with E-state index >= 15 is 0 Å². The number of aryl methyl sites for hydroxylation is 1. The molecular formula is C24H24Br2N2O2. The molecule has 1 aliphatic carbocycles. The summed E-state index contributed by atoms with van der Waals surface area (Å²) in [5.41, 5.74) is 4.92. The highest BCUT2D eigenvalue weighted by molar-refractivity contribution is 9.10. The highest BCUT2D eigenvalue weighted by Gasteiger charge is 2.33. The van der Waals surface area contributed by atoms with E-state index in [0.29, 0.717) is 12.6 Å². The molecule has 2 aliphatic rings. The van der Waals surface area contributed by atoms with Crippen LogP contribution in [0.3, 0.4) is 0 Å². The zero-order valence-electron chi connectivity index (χ0n) is 16.9. The fourth-order valence-corrected chi connectivity index (χ4v) is 4.99. The van der Waals surface area contributed by atoms with Crippen molar-refractivity contribution < 1.29 is 31.1 Å². The second-order valence-electron chi connectivity index (χ2n) is 7.84. The molecule has 0 radical (unpaired) electrons. The van der Waals surface area contributed by atoms with Crippen LogP contribution in [0.2, 0.25) is 0 Å². The van der Waals surface area contributed by atoms with E-state index in [2.05, 4.69) is 56.5 Å². The molecule has 1 aromatic heterocycles. The first-order valence-electron chi connectivity index (χ1n) is 10.3. The Balaban J connectivity index is 0.00000218. The van der Waals surface area contributed by atoms with Gasteiger partial charge in [-0.2, -0.15) is 0 Å². The number of ether oxygens (including phenoxy) is 1. The van der Waals surface area contributed by atoms with E-state index in [0.717, 1.165) is 48.1 Å². The van der Waals surface area contributed by atoms with Gasteiger partial charge in [0, 0.05) is 28.4 Å². The highest BCUT2D eigenvalue weighted by atomic mass is 79.9. The van der Waals surface area contributed by atoms with E-state index in [1.165, 1.54) is 22.5 Å². The molecule has 4 nitrogen and oxygen atoms in total. The second kappa shape index (κ2) is 8.67. The van der Waals surface area contributed by atoms with Crippen LogP contribution in [0.1, 0.15) is 52.3 Å². The molecule has 30 heavy (non-hydrogen) atoms. The second-order valence-corrected chi connectivity index (χ2v) is 8.76. The van der Waals surface area contributed by atoms with Gasteiger partial charge in [-0.15, -0.1) is 0 Å². The van der Waals surface area contributed by atoms with Gasteiger partial charge < -0.3 is 21.7 Å². The maximum Gasteiger partial charge on any atom is 0.257 e. The van der Waals surface area contributed by atoms with Crippen LogP contribution in [0.15, 0.2) is 53.3 Å². The van der Waals surface area contributed by atoms with Gasteiger partial charge in [0.2, 0.25) is 5.78 Å². The average Bonchev–Trinajstić information content (AvgIpc) is 3.44. The van der Waals surface area contributed by atoms with E-state index in [4.69, 9.17) is 4.74 Å². The van der Waals surface area contributed by atoms with Crippen molar-refractivity contribution in [1.82, 2.24) is 4.57 Å². The molecule has 3 aromatic rings. The lowest BCUT2D eigenvalue weighted by molar-refractivity contribution is -0.690. The largest absolute Gasteiger partial charge is 1.00 e. The quantitative estimate of drug-likeness (QED) is 0.369. The summed E-state index contributed by atoms with van der Waals surface area (Å²) in [4.78, 5) is 12.8. The Kier molecular flexibility index (Phi) is 6.16. The molecule has 5 rings (SSSR count). The molecule has 6 heteroatoms. The number of benzene rings is 2. The predicted octanol–water partition coefficient (Wildman–Crippen LogP) is 1.46. The molecule has 2 aromatic carbocycles. The molecule has 0 saturated heterocycles. The van der Waals surface area contributed by atoms with Gasteiger partial charge >= 0.3 is 0 Å². The average molecular weight is 532 g/mol. The minimum absolute atomic E-state index is 0. The van der Waals surface area contributed by atoms with Gasteiger partial charge in [-0.25, -0.2) is 9.13 Å². The maximum atomic E-state index is 12.8. The summed E-state index contributed by atoms with van der Waals surface area (Å²) in [6.45, 7) is 3.32. The van der Waals surface area contributed by atoms with Crippen LogP contribution >= 0.6 is 15.9 Å². The summed E-state index contributed by atoms with van der Waals surface area (Å²) in [6, 6.07) is 12.5. The number of halogens is 2. The third kappa shape index (κ3) is 3.76. The van der Waals surface area contributed by atoms with Crippen LogP contribution in [0.5, 0.6) is 5.75 Å². The van der Waals surface area contributed by atoms with Crippen LogP contribution in [-0.2, 0) is 25.8 Å². The normalized spacial score (nSPS) is 16.5. The zero-order valence-corrected chi connectivity index (χ0v) is 20.1. The monoisotopic (exact) mass is 530 g/mol. The van der Waals surface area contributed by atoms with E-state index in [1.54, 1.807) is 0 Å². The van der Waals surface area contributed by atoms with Crippen LogP contribution in [-0.4, -0.2) is 17.0 Å². The molecule has 1 unspecified atom stereocenters. The number of carbonyl (C=O) groups excluding carboxylic acids is 1. The lowest BCUT2D eigenvalue weighted by Crippen LogP contribution is -3.00. The molecule has 0 bridgehead atoms. The van der Waals surface area contributed by atoms with E-state index in [1.807, 2.05) is 24.3 Å². The minimum Gasteiger partial charge on any atom is -1.00 e. The molecule has 0 fully saturated rings. The van der Waals surface area contributed by atoms with Gasteiger partial charge in [0.25, 0.3) is 5.82 Å². The Morgan fingerprint density at radius 1 is 1.20 bits per heavy atom. The summed E-state index contributed by atoms with van der Waals surface area (Å²) in [5, 5.41) is 0. The van der Waals surface area contributed by atoms with Crippen LogP contribution in [0.4, 0.5) is 0 Å². The SMILES string of the molecule is CCc1n(C2CCc3cc4c(cc32)OCC4)cc[n+]1CC(=O)c1ccc(Br)cc1.[Br-]. The molecule has 1 atom stereocenters. The number of ketones is 1. The molecule has 0 saturated carbocycles. The number of aromatic nitrogens is 2. The zero-order chi connectivity index (χ0) is 20.0. The highest BCUT2D eigenvalue weighted by Crippen LogP contribution is 2.40. The number of carbonyl (C=O) groups is 1. The van der Waals surface area contributed by atoms with Gasteiger partial charge in [0.05, 0.1) is 6.61 Å². The van der Waals surface area contributed by atoms with Crippen molar-refractivity contribution in [2.24, 2.45) is 0 Å². The standard InChI is InChI=1S/C24H24BrN2O2.BrH/c1-2-24-26(15-22(28)16-3-6-19(25)7-4-16)10-11-27(24)21-8-5-17-13-18-9-12-29-23(18)14-20(17)21;/h3-4,6-7,10-11,13-14,21H,2,5,8-9,12,15H2,1H3;1H/q+1;/p-1. The number of imidazole rings is 1. The first-order chi connectivity index (χ1) is 14.1. The van der Waals surface area contributed by atoms with Crippen LogP contribution < -0.4 is 26.3 Å². The van der Waals surface area contributed by atoms with Crippen molar-refractivity contribution >= 4 is 21.7 Å². The summed E-state index contributed by atoms with van der Waals surface area (Å²) in [6.07, 6.45) is 8.30. The Bertz CT molecular complexity index is 1090. The summed E-state index contributed by atoms with van der Waals surface area (Å²) in [5.74, 6) is 2.38. The number of hydrogen-bond acceptors (Lipinski definition) is 2. The van der Waals surface area contributed by atoms with Crippen molar-refractivity contribution in [1.29, 1.82) is 0 Å². The Hall–Kier alpha value is -1.92. The van der Waals surface area contributed by atoms with Crippen LogP contribution in [0, 0.1) is 0 Å². The third-order valence-corrected chi connectivity index (χ3v) is 6.70. The van der Waals surface area contributed by atoms with Gasteiger partial charge in [-0.3, -0.25) is 4.79 Å². The van der Waals surface area contributed by atoms with Gasteiger partial charge in [0.15, 0.2) is 6.54 Å². The first-order valence-corrected chi connectivity index (χ1v) is 11.1. The lowest BCUT2D eigenvalue weighted by Gasteiger charge is -2.12. The minimum atomic E-state index is 0. The number of hydrogen-bond donors (Lipinski definition) is 0. The van der Waals surface area contributed by atoms with Crippen molar-refractivity contribution in [3.63, 3.8) is 0 Å². The molecule has 0 spiro atoms. The van der Waals surface area contributed by atoms with Gasteiger partial charge in [-0.05, 0) is 42.2 Å².